The van der Waals surface area contributed by atoms with Crippen LogP contribution in [-0.4, -0.2) is 11.0 Å². The number of alkyl halides is 3. The van der Waals surface area contributed by atoms with E-state index in [1.54, 1.807) is 0 Å². The third kappa shape index (κ3) is 4.09. The molecule has 1 aromatic heterocycles. The van der Waals surface area contributed by atoms with Crippen molar-refractivity contribution in [3.63, 3.8) is 0 Å². The molecule has 0 spiro atoms. The highest BCUT2D eigenvalue weighted by Gasteiger charge is 2.33. The molecule has 0 unspecified atom stereocenters. The Morgan fingerprint density at radius 2 is 1.81 bits per heavy atom. The number of aromatic nitrogens is 1. The number of hydrogen-bond acceptors (Lipinski definition) is 2. The number of anilines is 2. The van der Waals surface area contributed by atoms with Crippen LogP contribution < -0.4 is 10.6 Å². The Kier molecular flexibility index (Phi) is 4.32. The quantitative estimate of drug-likeness (QED) is 0.863. The van der Waals surface area contributed by atoms with Gasteiger partial charge in [0.05, 0.1) is 16.3 Å². The maximum absolute atomic E-state index is 12.8. The smallest absolute Gasteiger partial charge is 0.307 e. The van der Waals surface area contributed by atoms with Gasteiger partial charge in [-0.15, -0.1) is 0 Å². The van der Waals surface area contributed by atoms with E-state index in [4.69, 9.17) is 11.6 Å². The third-order valence-corrected chi connectivity index (χ3v) is 2.67. The van der Waals surface area contributed by atoms with Gasteiger partial charge in [0.1, 0.15) is 5.82 Å². The van der Waals surface area contributed by atoms with E-state index in [2.05, 4.69) is 15.6 Å². The predicted molar refractivity (Wildman–Crippen MR) is 73.3 cm³/mol. The SMILES string of the molecule is O=C(Nc1ccc(Cl)cn1)Nc1ccccc1C(F)(F)F. The lowest BCUT2D eigenvalue weighted by Gasteiger charge is -2.13. The van der Waals surface area contributed by atoms with Crippen molar-refractivity contribution in [2.24, 2.45) is 0 Å². The van der Waals surface area contributed by atoms with Crippen molar-refractivity contribution in [1.29, 1.82) is 0 Å². The molecular formula is C13H9ClF3N3O. The number of carbonyl (C=O) groups excluding carboxylic acids is 1. The van der Waals surface area contributed by atoms with Crippen LogP contribution in [0.1, 0.15) is 5.56 Å². The normalized spacial score (nSPS) is 11.0. The summed E-state index contributed by atoms with van der Waals surface area (Å²) in [5, 5.41) is 4.82. The molecule has 1 heterocycles. The summed E-state index contributed by atoms with van der Waals surface area (Å²) in [6, 6.07) is 6.78. The summed E-state index contributed by atoms with van der Waals surface area (Å²) in [4.78, 5) is 15.5. The van der Waals surface area contributed by atoms with E-state index < -0.39 is 17.8 Å². The summed E-state index contributed by atoms with van der Waals surface area (Å²) in [6.45, 7) is 0. The van der Waals surface area contributed by atoms with Crippen LogP contribution in [0.2, 0.25) is 5.02 Å². The van der Waals surface area contributed by atoms with E-state index in [9.17, 15) is 18.0 Å². The molecule has 0 bridgehead atoms. The summed E-state index contributed by atoms with van der Waals surface area (Å²) >= 11 is 5.63. The van der Waals surface area contributed by atoms with E-state index in [-0.39, 0.29) is 11.5 Å². The van der Waals surface area contributed by atoms with Gasteiger partial charge in [-0.05, 0) is 24.3 Å². The van der Waals surface area contributed by atoms with Gasteiger partial charge in [-0.2, -0.15) is 13.2 Å². The first kappa shape index (κ1) is 15.1. The predicted octanol–water partition coefficient (Wildman–Crippen LogP) is 4.40. The van der Waals surface area contributed by atoms with Gasteiger partial charge in [-0.1, -0.05) is 23.7 Å². The molecule has 21 heavy (non-hydrogen) atoms. The van der Waals surface area contributed by atoms with Crippen LogP contribution >= 0.6 is 11.6 Å². The van der Waals surface area contributed by atoms with E-state index in [0.29, 0.717) is 5.02 Å². The number of rotatable bonds is 2. The number of carbonyl (C=O) groups is 1. The second kappa shape index (κ2) is 6.01. The van der Waals surface area contributed by atoms with Crippen molar-refractivity contribution in [1.82, 2.24) is 4.98 Å². The highest BCUT2D eigenvalue weighted by Crippen LogP contribution is 2.34. The molecule has 8 heteroatoms. The maximum Gasteiger partial charge on any atom is 0.418 e. The van der Waals surface area contributed by atoms with Gasteiger partial charge in [-0.3, -0.25) is 5.32 Å². The summed E-state index contributed by atoms with van der Waals surface area (Å²) in [5.74, 6) is 0.168. The Balaban J connectivity index is 2.11. The van der Waals surface area contributed by atoms with Crippen molar-refractivity contribution in [2.45, 2.75) is 6.18 Å². The summed E-state index contributed by atoms with van der Waals surface area (Å²) in [7, 11) is 0. The molecular weight excluding hydrogens is 307 g/mol. The topological polar surface area (TPSA) is 54.0 Å². The van der Waals surface area contributed by atoms with Gasteiger partial charge < -0.3 is 5.32 Å². The highest BCUT2D eigenvalue weighted by molar-refractivity contribution is 6.30. The number of para-hydroxylation sites is 1. The minimum absolute atomic E-state index is 0.168. The van der Waals surface area contributed by atoms with Crippen molar-refractivity contribution in [2.75, 3.05) is 10.6 Å². The van der Waals surface area contributed by atoms with Crippen LogP contribution in [0.25, 0.3) is 0 Å². The molecule has 0 saturated carbocycles. The highest BCUT2D eigenvalue weighted by atomic mass is 35.5. The Morgan fingerprint density at radius 3 is 2.43 bits per heavy atom. The Morgan fingerprint density at radius 1 is 1.10 bits per heavy atom. The number of nitrogens with zero attached hydrogens (tertiary/aromatic N) is 1. The first-order valence-electron chi connectivity index (χ1n) is 5.72. The third-order valence-electron chi connectivity index (χ3n) is 2.45. The Bertz CT molecular complexity index is 644. The van der Waals surface area contributed by atoms with Crippen molar-refractivity contribution >= 4 is 29.1 Å². The van der Waals surface area contributed by atoms with Gasteiger partial charge in [0.15, 0.2) is 0 Å². The van der Waals surface area contributed by atoms with E-state index in [1.807, 2.05) is 0 Å². The first-order chi connectivity index (χ1) is 9.86. The molecule has 2 amide bonds. The minimum Gasteiger partial charge on any atom is -0.307 e. The fraction of sp³-hybridized carbons (Fsp3) is 0.0769. The van der Waals surface area contributed by atoms with Gasteiger partial charge in [-0.25, -0.2) is 9.78 Å². The lowest BCUT2D eigenvalue weighted by molar-refractivity contribution is -0.136. The molecule has 0 saturated heterocycles. The van der Waals surface area contributed by atoms with E-state index >= 15 is 0 Å². The summed E-state index contributed by atoms with van der Waals surface area (Å²) in [6.07, 6.45) is -3.25. The average molecular weight is 316 g/mol. The number of nitrogens with one attached hydrogen (secondary N) is 2. The molecule has 0 aliphatic rings. The van der Waals surface area contributed by atoms with Crippen LogP contribution in [0.4, 0.5) is 29.5 Å². The second-order valence-corrected chi connectivity index (χ2v) is 4.42. The second-order valence-electron chi connectivity index (χ2n) is 3.98. The molecule has 4 nitrogen and oxygen atoms in total. The van der Waals surface area contributed by atoms with Gasteiger partial charge in [0.25, 0.3) is 0 Å². The van der Waals surface area contributed by atoms with Crippen LogP contribution in [0.5, 0.6) is 0 Å². The van der Waals surface area contributed by atoms with Gasteiger partial charge in [0.2, 0.25) is 0 Å². The lowest BCUT2D eigenvalue weighted by atomic mass is 10.1. The molecule has 2 N–H and O–H groups in total. The zero-order chi connectivity index (χ0) is 15.5. The van der Waals surface area contributed by atoms with Crippen molar-refractivity contribution in [3.05, 3.63) is 53.2 Å². The van der Waals surface area contributed by atoms with E-state index in [0.717, 1.165) is 12.1 Å². The Hall–Kier alpha value is -2.28. The molecule has 0 fully saturated rings. The average Bonchev–Trinajstić information content (AvgIpc) is 2.41. The molecule has 0 aliphatic heterocycles. The zero-order valence-corrected chi connectivity index (χ0v) is 11.2. The molecule has 2 rings (SSSR count). The lowest BCUT2D eigenvalue weighted by Crippen LogP contribution is -2.22. The fourth-order valence-corrected chi connectivity index (χ4v) is 1.67. The van der Waals surface area contributed by atoms with E-state index in [1.165, 1.54) is 30.5 Å². The molecule has 1 aromatic carbocycles. The number of urea groups is 1. The minimum atomic E-state index is -4.55. The summed E-state index contributed by atoms with van der Waals surface area (Å²) in [5.41, 5.74) is -1.26. The monoisotopic (exact) mass is 315 g/mol. The largest absolute Gasteiger partial charge is 0.418 e. The molecule has 110 valence electrons. The zero-order valence-electron chi connectivity index (χ0n) is 10.4. The van der Waals surface area contributed by atoms with Crippen LogP contribution in [0.15, 0.2) is 42.6 Å². The molecule has 2 aromatic rings. The van der Waals surface area contributed by atoms with Crippen LogP contribution in [0, 0.1) is 0 Å². The van der Waals surface area contributed by atoms with Crippen molar-refractivity contribution in [3.8, 4) is 0 Å². The number of halogens is 4. The molecule has 0 aliphatic carbocycles. The number of benzene rings is 1. The molecule has 0 atom stereocenters. The Labute approximate surface area is 122 Å². The van der Waals surface area contributed by atoms with Gasteiger partial charge in [0, 0.05) is 6.20 Å². The number of amides is 2. The van der Waals surface area contributed by atoms with Gasteiger partial charge >= 0.3 is 12.2 Å². The van der Waals surface area contributed by atoms with Crippen LogP contribution in [-0.2, 0) is 6.18 Å². The fourth-order valence-electron chi connectivity index (χ4n) is 1.56. The standard InChI is InChI=1S/C13H9ClF3N3O/c14-8-5-6-11(18-7-8)20-12(21)19-10-4-2-1-3-9(10)13(15,16)17/h1-7H,(H2,18,19,20,21). The first-order valence-corrected chi connectivity index (χ1v) is 6.10. The maximum atomic E-state index is 12.8. The number of hydrogen-bond donors (Lipinski definition) is 2. The summed E-state index contributed by atoms with van der Waals surface area (Å²) < 4.78 is 38.3. The number of pyridine rings is 1. The molecule has 0 radical (unpaired) electrons. The van der Waals surface area contributed by atoms with Crippen LogP contribution in [0.3, 0.4) is 0 Å². The van der Waals surface area contributed by atoms with Crippen molar-refractivity contribution < 1.29 is 18.0 Å².